The number of anilines is 2. The van der Waals surface area contributed by atoms with E-state index in [1.807, 2.05) is 13.0 Å². The second-order valence-electron chi connectivity index (χ2n) is 6.68. The van der Waals surface area contributed by atoms with E-state index in [0.29, 0.717) is 28.4 Å². The van der Waals surface area contributed by atoms with Crippen molar-refractivity contribution in [1.29, 1.82) is 0 Å². The average molecular weight is 363 g/mol. The van der Waals surface area contributed by atoms with Crippen molar-refractivity contribution < 1.29 is 4.74 Å². The fourth-order valence-corrected chi connectivity index (χ4v) is 2.91. The van der Waals surface area contributed by atoms with Gasteiger partial charge in [0, 0.05) is 35.5 Å². The third kappa shape index (κ3) is 3.03. The molecule has 0 aliphatic heterocycles. The molecule has 5 rings (SSSR count). The zero-order chi connectivity index (χ0) is 18.4. The van der Waals surface area contributed by atoms with Crippen LogP contribution in [0.3, 0.4) is 0 Å². The molecule has 0 atom stereocenters. The van der Waals surface area contributed by atoms with Gasteiger partial charge in [0.25, 0.3) is 5.56 Å². The van der Waals surface area contributed by atoms with Crippen LogP contribution in [0.25, 0.3) is 10.9 Å². The minimum absolute atomic E-state index is 0.167. The Kier molecular flexibility index (Phi) is 3.46. The summed E-state index contributed by atoms with van der Waals surface area (Å²) >= 11 is 0. The van der Waals surface area contributed by atoms with E-state index in [9.17, 15) is 4.79 Å². The number of hydrogen-bond acceptors (Lipinski definition) is 6. The average Bonchev–Trinajstić information content (AvgIpc) is 3.31. The van der Waals surface area contributed by atoms with Gasteiger partial charge in [0.1, 0.15) is 11.6 Å². The summed E-state index contributed by atoms with van der Waals surface area (Å²) in [6.45, 7) is 1.91. The Bertz CT molecular complexity index is 1190. The van der Waals surface area contributed by atoms with E-state index in [0.717, 1.165) is 17.1 Å². The van der Waals surface area contributed by atoms with Gasteiger partial charge in [-0.25, -0.2) is 4.98 Å². The van der Waals surface area contributed by atoms with E-state index in [1.165, 1.54) is 12.8 Å². The molecule has 0 amide bonds. The lowest BCUT2D eigenvalue weighted by atomic mass is 10.2. The summed E-state index contributed by atoms with van der Waals surface area (Å²) < 4.78 is 5.76. The fourth-order valence-electron chi connectivity index (χ4n) is 2.91. The van der Waals surface area contributed by atoms with Crippen molar-refractivity contribution in [2.24, 2.45) is 0 Å². The van der Waals surface area contributed by atoms with Crippen LogP contribution in [0.5, 0.6) is 11.8 Å². The number of hydrogen-bond donors (Lipinski definition) is 4. The zero-order valence-corrected chi connectivity index (χ0v) is 14.5. The molecule has 1 fully saturated rings. The summed E-state index contributed by atoms with van der Waals surface area (Å²) in [7, 11) is 0. The lowest BCUT2D eigenvalue weighted by molar-refractivity contribution is 0.443. The Morgan fingerprint density at radius 2 is 2.11 bits per heavy atom. The Morgan fingerprint density at radius 1 is 1.22 bits per heavy atom. The van der Waals surface area contributed by atoms with Gasteiger partial charge in [-0.15, -0.1) is 0 Å². The molecule has 1 saturated carbocycles. The van der Waals surface area contributed by atoms with Crippen LogP contribution in [0, 0.1) is 6.92 Å². The van der Waals surface area contributed by atoms with Gasteiger partial charge in [0.2, 0.25) is 0 Å². The maximum absolute atomic E-state index is 11.6. The molecule has 3 aromatic heterocycles. The monoisotopic (exact) mass is 363 g/mol. The summed E-state index contributed by atoms with van der Waals surface area (Å²) in [4.78, 5) is 20.2. The van der Waals surface area contributed by atoms with Crippen LogP contribution in [-0.2, 0) is 0 Å². The largest absolute Gasteiger partial charge is 0.424 e. The summed E-state index contributed by atoms with van der Waals surface area (Å²) in [5.74, 6) is 2.48. The predicted octanol–water partition coefficient (Wildman–Crippen LogP) is 3.09. The highest BCUT2D eigenvalue weighted by atomic mass is 16.5. The van der Waals surface area contributed by atoms with Crippen molar-refractivity contribution in [3.8, 4) is 11.8 Å². The Hall–Kier alpha value is -3.62. The van der Waals surface area contributed by atoms with Gasteiger partial charge in [0.15, 0.2) is 5.82 Å². The number of ether oxygens (including phenoxy) is 1. The van der Waals surface area contributed by atoms with Gasteiger partial charge in [0.05, 0.1) is 10.9 Å². The Labute approximate surface area is 153 Å². The molecule has 0 saturated heterocycles. The van der Waals surface area contributed by atoms with Crippen molar-refractivity contribution >= 4 is 22.5 Å². The standard InChI is InChI=1S/C18H17N7O2/c1-9-8-19-18(27-11-4-5-12-14(6-11)23-25-17(12)26)21-16(9)20-15-7-13(22-24-15)10-2-3-10/h4-8,10H,2-3H2,1H3,(H2,23,25,26)(H2,19,20,21,22,24). The number of aryl methyl sites for hydroxylation is 1. The molecule has 9 nitrogen and oxygen atoms in total. The van der Waals surface area contributed by atoms with Crippen LogP contribution in [-0.4, -0.2) is 30.4 Å². The van der Waals surface area contributed by atoms with Crippen LogP contribution in [0.1, 0.15) is 30.0 Å². The van der Waals surface area contributed by atoms with Crippen molar-refractivity contribution in [2.45, 2.75) is 25.7 Å². The van der Waals surface area contributed by atoms with E-state index in [1.54, 1.807) is 24.4 Å². The molecule has 1 aromatic carbocycles. The van der Waals surface area contributed by atoms with Crippen LogP contribution >= 0.6 is 0 Å². The number of aromatic amines is 3. The minimum Gasteiger partial charge on any atom is -0.424 e. The van der Waals surface area contributed by atoms with Gasteiger partial charge in [-0.2, -0.15) is 10.1 Å². The highest BCUT2D eigenvalue weighted by Gasteiger charge is 2.25. The molecule has 9 heteroatoms. The molecule has 3 heterocycles. The van der Waals surface area contributed by atoms with Crippen molar-refractivity contribution in [2.75, 3.05) is 5.32 Å². The van der Waals surface area contributed by atoms with Gasteiger partial charge in [-0.3, -0.25) is 20.1 Å². The minimum atomic E-state index is -0.167. The number of aromatic nitrogens is 6. The van der Waals surface area contributed by atoms with Crippen LogP contribution in [0.4, 0.5) is 11.6 Å². The van der Waals surface area contributed by atoms with Crippen LogP contribution in [0.2, 0.25) is 0 Å². The second-order valence-corrected chi connectivity index (χ2v) is 6.68. The first-order chi connectivity index (χ1) is 13.2. The molecule has 136 valence electrons. The van der Waals surface area contributed by atoms with E-state index in [-0.39, 0.29) is 11.6 Å². The van der Waals surface area contributed by atoms with Gasteiger partial charge >= 0.3 is 6.01 Å². The predicted molar refractivity (Wildman–Crippen MR) is 99.6 cm³/mol. The fraction of sp³-hybridized carbons (Fsp3) is 0.222. The quantitative estimate of drug-likeness (QED) is 0.432. The van der Waals surface area contributed by atoms with Crippen molar-refractivity contribution in [3.05, 3.63) is 52.1 Å². The van der Waals surface area contributed by atoms with E-state index in [2.05, 4.69) is 35.7 Å². The SMILES string of the molecule is Cc1cnc(Oc2ccc3c(=O)[nH][nH]c3c2)nc1Nc1cc(C2CC2)[nH]n1. The number of H-pyrrole nitrogens is 3. The Balaban J connectivity index is 1.39. The first kappa shape index (κ1) is 15.6. The zero-order valence-electron chi connectivity index (χ0n) is 14.5. The number of nitrogens with zero attached hydrogens (tertiary/aromatic N) is 3. The summed E-state index contributed by atoms with van der Waals surface area (Å²) in [6, 6.07) is 7.33. The maximum Gasteiger partial charge on any atom is 0.323 e. The number of nitrogens with one attached hydrogen (secondary N) is 4. The van der Waals surface area contributed by atoms with Crippen LogP contribution < -0.4 is 15.6 Å². The highest BCUT2D eigenvalue weighted by Crippen LogP contribution is 2.39. The molecule has 1 aliphatic carbocycles. The Morgan fingerprint density at radius 3 is 2.96 bits per heavy atom. The molecule has 0 unspecified atom stereocenters. The van der Waals surface area contributed by atoms with Crippen LogP contribution in [0.15, 0.2) is 35.3 Å². The summed E-state index contributed by atoms with van der Waals surface area (Å²) in [5, 5.41) is 16.5. The molecule has 1 aliphatic rings. The molecule has 4 aromatic rings. The third-order valence-corrected chi connectivity index (χ3v) is 4.57. The maximum atomic E-state index is 11.6. The molecule has 0 radical (unpaired) electrons. The van der Waals surface area contributed by atoms with Crippen molar-refractivity contribution in [1.82, 2.24) is 30.4 Å². The van der Waals surface area contributed by atoms with Gasteiger partial charge in [-0.1, -0.05) is 0 Å². The topological polar surface area (TPSA) is 124 Å². The third-order valence-electron chi connectivity index (χ3n) is 4.57. The van der Waals surface area contributed by atoms with Crippen molar-refractivity contribution in [3.63, 3.8) is 0 Å². The normalized spacial score (nSPS) is 13.8. The molecule has 0 spiro atoms. The lowest BCUT2D eigenvalue weighted by Gasteiger charge is -2.08. The first-order valence-corrected chi connectivity index (χ1v) is 8.70. The van der Waals surface area contributed by atoms with E-state index < -0.39 is 0 Å². The molecular weight excluding hydrogens is 346 g/mol. The summed E-state index contributed by atoms with van der Waals surface area (Å²) in [6.07, 6.45) is 4.11. The lowest BCUT2D eigenvalue weighted by Crippen LogP contribution is -2.01. The second kappa shape index (κ2) is 5.97. The van der Waals surface area contributed by atoms with Gasteiger partial charge in [-0.05, 0) is 31.9 Å². The smallest absolute Gasteiger partial charge is 0.323 e. The molecule has 27 heavy (non-hydrogen) atoms. The molecular formula is C18H17N7O2. The molecule has 4 N–H and O–H groups in total. The van der Waals surface area contributed by atoms with E-state index in [4.69, 9.17) is 4.74 Å². The summed E-state index contributed by atoms with van der Waals surface area (Å²) in [5.41, 5.74) is 2.52. The molecule has 0 bridgehead atoms. The number of benzene rings is 1. The highest BCUT2D eigenvalue weighted by molar-refractivity contribution is 5.79. The van der Waals surface area contributed by atoms with E-state index >= 15 is 0 Å². The number of fused-ring (bicyclic) bond motifs is 1. The number of rotatable bonds is 5. The van der Waals surface area contributed by atoms with Gasteiger partial charge < -0.3 is 10.1 Å². The first-order valence-electron chi connectivity index (χ1n) is 8.70.